The second kappa shape index (κ2) is 7.86. The summed E-state index contributed by atoms with van der Waals surface area (Å²) < 4.78 is 8.33. The number of hydrogen-bond acceptors (Lipinski definition) is 7. The van der Waals surface area contributed by atoms with Gasteiger partial charge in [-0.25, -0.2) is 4.68 Å². The molecule has 0 aliphatic carbocycles. The lowest BCUT2D eigenvalue weighted by molar-refractivity contribution is -0.133. The Morgan fingerprint density at radius 3 is 2.62 bits per heavy atom. The van der Waals surface area contributed by atoms with Gasteiger partial charge >= 0.3 is 0 Å². The van der Waals surface area contributed by atoms with Gasteiger partial charge in [0.2, 0.25) is 11.9 Å². The first kappa shape index (κ1) is 17.9. The number of amides is 1. The molecule has 10 nitrogen and oxygen atoms in total. The molecule has 0 fully saturated rings. The smallest absolute Gasteiger partial charge is 0.244 e. The molecule has 0 atom stereocenters. The normalized spacial score (nSPS) is 11.0. The number of hydrogen-bond donors (Lipinski definition) is 1. The first-order valence-corrected chi connectivity index (χ1v) is 7.79. The van der Waals surface area contributed by atoms with Crippen LogP contribution in [0.25, 0.3) is 0 Å². The Morgan fingerprint density at radius 1 is 1.33 bits per heavy atom. The fraction of sp³-hybridized carbons (Fsp3) is 0.643. The molecule has 0 aliphatic heterocycles. The van der Waals surface area contributed by atoms with E-state index in [4.69, 9.17) is 10.5 Å². The quantitative estimate of drug-likeness (QED) is 0.707. The van der Waals surface area contributed by atoms with Gasteiger partial charge in [0.1, 0.15) is 6.54 Å². The number of aryl methyl sites for hydroxylation is 2. The summed E-state index contributed by atoms with van der Waals surface area (Å²) in [5, 5.41) is 15.3. The molecule has 0 unspecified atom stereocenters. The van der Waals surface area contributed by atoms with E-state index in [2.05, 4.69) is 20.6 Å². The number of nitrogens with zero attached hydrogens (tertiary/aromatic N) is 7. The van der Waals surface area contributed by atoms with E-state index >= 15 is 0 Å². The van der Waals surface area contributed by atoms with E-state index < -0.39 is 0 Å². The first-order valence-electron chi connectivity index (χ1n) is 7.79. The van der Waals surface area contributed by atoms with Crippen LogP contribution in [-0.2, 0) is 29.2 Å². The standard InChI is InChI=1S/C14H24N8O2/c1-5-21-11(3)12(10(2)17-21)8-20(6-7-24-4)13(23)9-22-14(15)16-18-19-22/h5-9H2,1-4H3,(H2,15,16,19). The molecule has 1 amide bonds. The van der Waals surface area contributed by atoms with Crippen molar-refractivity contribution >= 4 is 11.9 Å². The molecule has 0 saturated heterocycles. The highest BCUT2D eigenvalue weighted by molar-refractivity contribution is 5.76. The van der Waals surface area contributed by atoms with Crippen molar-refractivity contribution in [3.8, 4) is 0 Å². The van der Waals surface area contributed by atoms with Gasteiger partial charge in [-0.3, -0.25) is 9.48 Å². The van der Waals surface area contributed by atoms with Crippen LogP contribution in [0, 0.1) is 13.8 Å². The molecule has 2 aromatic heterocycles. The summed E-state index contributed by atoms with van der Waals surface area (Å²) in [7, 11) is 1.60. The number of nitrogens with two attached hydrogens (primary N) is 1. The van der Waals surface area contributed by atoms with Crippen molar-refractivity contribution in [3.63, 3.8) is 0 Å². The second-order valence-corrected chi connectivity index (χ2v) is 5.47. The van der Waals surface area contributed by atoms with Crippen LogP contribution >= 0.6 is 0 Å². The number of tetrazole rings is 1. The Kier molecular flexibility index (Phi) is 5.85. The van der Waals surface area contributed by atoms with E-state index in [1.54, 1.807) is 12.0 Å². The largest absolute Gasteiger partial charge is 0.383 e. The van der Waals surface area contributed by atoms with Crippen molar-refractivity contribution in [2.75, 3.05) is 26.0 Å². The third-order valence-electron chi connectivity index (χ3n) is 3.94. The van der Waals surface area contributed by atoms with Crippen LogP contribution < -0.4 is 5.73 Å². The number of carbonyl (C=O) groups is 1. The number of methoxy groups -OCH3 is 1. The number of anilines is 1. The van der Waals surface area contributed by atoms with Crippen LogP contribution in [-0.4, -0.2) is 61.1 Å². The lowest BCUT2D eigenvalue weighted by Gasteiger charge is -2.22. The molecule has 0 radical (unpaired) electrons. The fourth-order valence-corrected chi connectivity index (χ4v) is 2.51. The van der Waals surface area contributed by atoms with E-state index in [0.717, 1.165) is 23.5 Å². The number of nitrogen functional groups attached to an aromatic ring is 1. The van der Waals surface area contributed by atoms with Crippen LogP contribution in [0.1, 0.15) is 23.9 Å². The molecule has 10 heteroatoms. The molecule has 2 rings (SSSR count). The SMILES string of the molecule is CCn1nc(C)c(CN(CCOC)C(=O)Cn2nnnc2N)c1C. The zero-order chi connectivity index (χ0) is 17.7. The Balaban J connectivity index is 2.17. The lowest BCUT2D eigenvalue weighted by atomic mass is 10.2. The molecule has 24 heavy (non-hydrogen) atoms. The molecule has 0 aliphatic rings. The molecule has 0 aromatic carbocycles. The maximum absolute atomic E-state index is 12.6. The monoisotopic (exact) mass is 336 g/mol. The molecule has 2 N–H and O–H groups in total. The molecule has 0 spiro atoms. The fourth-order valence-electron chi connectivity index (χ4n) is 2.51. The van der Waals surface area contributed by atoms with Gasteiger partial charge in [-0.2, -0.15) is 5.10 Å². The van der Waals surface area contributed by atoms with Gasteiger partial charge in [-0.05, 0) is 31.2 Å². The van der Waals surface area contributed by atoms with Crippen LogP contribution in [0.3, 0.4) is 0 Å². The summed E-state index contributed by atoms with van der Waals surface area (Å²) in [5.74, 6) is -0.0182. The van der Waals surface area contributed by atoms with E-state index in [1.165, 1.54) is 4.68 Å². The summed E-state index contributed by atoms with van der Waals surface area (Å²) in [6, 6.07) is 0. The lowest BCUT2D eigenvalue weighted by Crippen LogP contribution is -2.36. The van der Waals surface area contributed by atoms with E-state index in [0.29, 0.717) is 19.7 Å². The third-order valence-corrected chi connectivity index (χ3v) is 3.94. The Morgan fingerprint density at radius 2 is 2.08 bits per heavy atom. The average molecular weight is 336 g/mol. The Hall–Kier alpha value is -2.49. The molecule has 2 aromatic rings. The molecule has 2 heterocycles. The average Bonchev–Trinajstić information content (AvgIpc) is 3.08. The second-order valence-electron chi connectivity index (χ2n) is 5.47. The van der Waals surface area contributed by atoms with Gasteiger partial charge in [0.15, 0.2) is 0 Å². The van der Waals surface area contributed by atoms with Crippen molar-refractivity contribution in [1.82, 2.24) is 34.9 Å². The summed E-state index contributed by atoms with van der Waals surface area (Å²) in [5.41, 5.74) is 8.66. The van der Waals surface area contributed by atoms with Crippen LogP contribution in [0.5, 0.6) is 0 Å². The topological polar surface area (TPSA) is 117 Å². The minimum atomic E-state index is -0.130. The van der Waals surface area contributed by atoms with Gasteiger partial charge in [0, 0.05) is 38.0 Å². The first-order chi connectivity index (χ1) is 11.5. The number of aromatic nitrogens is 6. The molecular formula is C14H24N8O2. The summed E-state index contributed by atoms with van der Waals surface area (Å²) >= 11 is 0. The highest BCUT2D eigenvalue weighted by atomic mass is 16.5. The molecular weight excluding hydrogens is 312 g/mol. The predicted octanol–water partition coefficient (Wildman–Crippen LogP) is -0.236. The zero-order valence-corrected chi connectivity index (χ0v) is 14.6. The predicted molar refractivity (Wildman–Crippen MR) is 86.9 cm³/mol. The minimum Gasteiger partial charge on any atom is -0.383 e. The highest BCUT2D eigenvalue weighted by Gasteiger charge is 2.20. The highest BCUT2D eigenvalue weighted by Crippen LogP contribution is 2.16. The van der Waals surface area contributed by atoms with Crippen molar-refractivity contribution < 1.29 is 9.53 Å². The Labute approximate surface area is 140 Å². The van der Waals surface area contributed by atoms with Crippen molar-refractivity contribution in [1.29, 1.82) is 0 Å². The summed E-state index contributed by atoms with van der Waals surface area (Å²) in [6.45, 7) is 8.15. The van der Waals surface area contributed by atoms with Crippen LogP contribution in [0.4, 0.5) is 5.95 Å². The van der Waals surface area contributed by atoms with Gasteiger partial charge in [-0.15, -0.1) is 0 Å². The van der Waals surface area contributed by atoms with Crippen LogP contribution in [0.2, 0.25) is 0 Å². The Bertz CT molecular complexity index is 693. The van der Waals surface area contributed by atoms with Gasteiger partial charge in [-0.1, -0.05) is 5.10 Å². The van der Waals surface area contributed by atoms with Crippen molar-refractivity contribution in [2.24, 2.45) is 0 Å². The van der Waals surface area contributed by atoms with E-state index in [9.17, 15) is 4.79 Å². The molecule has 0 saturated carbocycles. The van der Waals surface area contributed by atoms with E-state index in [1.807, 2.05) is 25.5 Å². The van der Waals surface area contributed by atoms with E-state index in [-0.39, 0.29) is 18.4 Å². The summed E-state index contributed by atoms with van der Waals surface area (Å²) in [6.07, 6.45) is 0. The van der Waals surface area contributed by atoms with Crippen molar-refractivity contribution in [2.45, 2.75) is 40.4 Å². The third kappa shape index (κ3) is 3.88. The number of ether oxygens (including phenoxy) is 1. The van der Waals surface area contributed by atoms with Gasteiger partial charge in [0.25, 0.3) is 0 Å². The van der Waals surface area contributed by atoms with Gasteiger partial charge < -0.3 is 15.4 Å². The maximum Gasteiger partial charge on any atom is 0.244 e. The minimum absolute atomic E-state index is 0.0114. The van der Waals surface area contributed by atoms with Crippen LogP contribution in [0.15, 0.2) is 0 Å². The van der Waals surface area contributed by atoms with Gasteiger partial charge in [0.05, 0.1) is 12.3 Å². The van der Waals surface area contributed by atoms with Crippen molar-refractivity contribution in [3.05, 3.63) is 17.0 Å². The zero-order valence-electron chi connectivity index (χ0n) is 14.6. The number of carbonyl (C=O) groups excluding carboxylic acids is 1. The molecule has 132 valence electrons. The molecule has 0 bridgehead atoms. The number of rotatable bonds is 8. The maximum atomic E-state index is 12.6. The summed E-state index contributed by atoms with van der Waals surface area (Å²) in [4.78, 5) is 14.4.